The third kappa shape index (κ3) is 5.86. The number of pyridine rings is 1. The highest BCUT2D eigenvalue weighted by Gasteiger charge is 2.29. The smallest absolute Gasteiger partial charge is 0.343 e. The molecule has 194 valence electrons. The van der Waals surface area contributed by atoms with Gasteiger partial charge in [-0.15, -0.1) is 0 Å². The maximum atomic E-state index is 13.7. The summed E-state index contributed by atoms with van der Waals surface area (Å²) in [6, 6.07) is 29.0. The lowest BCUT2D eigenvalue weighted by molar-refractivity contribution is -0.125. The fourth-order valence-corrected chi connectivity index (χ4v) is 4.07. The maximum Gasteiger partial charge on any atom is 0.343 e. The van der Waals surface area contributed by atoms with E-state index in [2.05, 4.69) is 15.4 Å². The molecule has 1 amide bonds. The number of carbonyl (C=O) groups is 2. The summed E-state index contributed by atoms with van der Waals surface area (Å²) >= 11 is 0. The van der Waals surface area contributed by atoms with Crippen LogP contribution in [-0.4, -0.2) is 33.2 Å². The zero-order chi connectivity index (χ0) is 27.0. The molecule has 0 fully saturated rings. The first-order valence-corrected chi connectivity index (χ1v) is 12.5. The number of hydrogen-bond donors (Lipinski definition) is 1. The quantitative estimate of drug-likeness (QED) is 0.245. The molecule has 3 aromatic carbocycles. The van der Waals surface area contributed by atoms with Gasteiger partial charge in [0.05, 0.1) is 18.0 Å². The molecule has 1 atom stereocenters. The van der Waals surface area contributed by atoms with E-state index in [0.29, 0.717) is 34.9 Å². The Morgan fingerprint density at radius 3 is 2.33 bits per heavy atom. The molecule has 0 aliphatic heterocycles. The Morgan fingerprint density at radius 2 is 1.62 bits per heavy atom. The molecule has 1 N–H and O–H groups in total. The van der Waals surface area contributed by atoms with Gasteiger partial charge >= 0.3 is 5.97 Å². The van der Waals surface area contributed by atoms with Crippen LogP contribution in [0.25, 0.3) is 16.9 Å². The molecule has 2 aromatic heterocycles. The van der Waals surface area contributed by atoms with Crippen molar-refractivity contribution in [3.63, 3.8) is 0 Å². The van der Waals surface area contributed by atoms with Gasteiger partial charge in [0, 0.05) is 29.7 Å². The van der Waals surface area contributed by atoms with Gasteiger partial charge < -0.3 is 14.8 Å². The van der Waals surface area contributed by atoms with Crippen LogP contribution in [-0.2, 0) is 9.53 Å². The second-order valence-electron chi connectivity index (χ2n) is 8.53. The normalized spacial score (nSPS) is 11.4. The van der Waals surface area contributed by atoms with E-state index in [9.17, 15) is 9.59 Å². The van der Waals surface area contributed by atoms with Crippen LogP contribution in [0.1, 0.15) is 28.9 Å². The molecule has 8 heteroatoms. The van der Waals surface area contributed by atoms with Gasteiger partial charge in [-0.3, -0.25) is 9.78 Å². The molecular formula is C31H26N4O4. The molecule has 0 spiro atoms. The number of para-hydroxylation sites is 3. The summed E-state index contributed by atoms with van der Waals surface area (Å²) in [6.45, 7) is 2.30. The Morgan fingerprint density at radius 1 is 0.897 bits per heavy atom. The first kappa shape index (κ1) is 25.4. The Labute approximate surface area is 225 Å². The number of nitrogens with zero attached hydrogens (tertiary/aromatic N) is 3. The SMILES string of the molecule is CCOc1ccccc1NC(=O)[C@@H](OC(=O)c1cn(-c2ccccc2)nc1-c1cccnc1)c1ccccc1. The van der Waals surface area contributed by atoms with Gasteiger partial charge in [0.25, 0.3) is 5.91 Å². The Kier molecular flexibility index (Phi) is 7.73. The van der Waals surface area contributed by atoms with Crippen molar-refractivity contribution in [3.8, 4) is 22.7 Å². The van der Waals surface area contributed by atoms with Gasteiger partial charge in [0.2, 0.25) is 6.10 Å². The van der Waals surface area contributed by atoms with Crippen molar-refractivity contribution in [3.05, 3.63) is 127 Å². The van der Waals surface area contributed by atoms with Gasteiger partial charge in [-0.05, 0) is 43.3 Å². The first-order chi connectivity index (χ1) is 19.1. The van der Waals surface area contributed by atoms with Crippen molar-refractivity contribution < 1.29 is 19.1 Å². The molecule has 8 nitrogen and oxygen atoms in total. The van der Waals surface area contributed by atoms with Crippen molar-refractivity contribution in [2.24, 2.45) is 0 Å². The van der Waals surface area contributed by atoms with E-state index in [1.54, 1.807) is 71.8 Å². The summed E-state index contributed by atoms with van der Waals surface area (Å²) < 4.78 is 13.2. The van der Waals surface area contributed by atoms with Crippen molar-refractivity contribution >= 4 is 17.6 Å². The highest BCUT2D eigenvalue weighted by atomic mass is 16.5. The summed E-state index contributed by atoms with van der Waals surface area (Å²) in [6.07, 6.45) is 3.64. The first-order valence-electron chi connectivity index (χ1n) is 12.5. The highest BCUT2D eigenvalue weighted by molar-refractivity contribution is 6.01. The van der Waals surface area contributed by atoms with Crippen LogP contribution in [0, 0.1) is 0 Å². The number of anilines is 1. The molecule has 5 aromatic rings. The van der Waals surface area contributed by atoms with Crippen LogP contribution in [0.15, 0.2) is 116 Å². The number of rotatable bonds is 9. The Hall–Kier alpha value is -5.24. The zero-order valence-electron chi connectivity index (χ0n) is 21.2. The molecule has 0 radical (unpaired) electrons. The summed E-state index contributed by atoms with van der Waals surface area (Å²) in [4.78, 5) is 31.4. The minimum absolute atomic E-state index is 0.204. The second kappa shape index (κ2) is 11.9. The highest BCUT2D eigenvalue weighted by Crippen LogP contribution is 2.29. The number of carbonyl (C=O) groups excluding carboxylic acids is 2. The lowest BCUT2D eigenvalue weighted by Crippen LogP contribution is -2.26. The van der Waals surface area contributed by atoms with Crippen LogP contribution in [0.5, 0.6) is 5.75 Å². The van der Waals surface area contributed by atoms with E-state index in [0.717, 1.165) is 5.69 Å². The topological polar surface area (TPSA) is 95.3 Å². The van der Waals surface area contributed by atoms with E-state index < -0.39 is 18.0 Å². The number of hydrogen-bond acceptors (Lipinski definition) is 6. The van der Waals surface area contributed by atoms with E-state index >= 15 is 0 Å². The number of aromatic nitrogens is 3. The number of benzene rings is 3. The zero-order valence-corrected chi connectivity index (χ0v) is 21.2. The lowest BCUT2D eigenvalue weighted by atomic mass is 10.1. The van der Waals surface area contributed by atoms with E-state index in [1.807, 2.05) is 55.5 Å². The van der Waals surface area contributed by atoms with Crippen molar-refractivity contribution in [1.82, 2.24) is 14.8 Å². The van der Waals surface area contributed by atoms with Crippen LogP contribution in [0.4, 0.5) is 5.69 Å². The molecule has 39 heavy (non-hydrogen) atoms. The summed E-state index contributed by atoms with van der Waals surface area (Å²) in [7, 11) is 0. The maximum absolute atomic E-state index is 13.7. The van der Waals surface area contributed by atoms with Crippen LogP contribution >= 0.6 is 0 Å². The van der Waals surface area contributed by atoms with Crippen molar-refractivity contribution in [1.29, 1.82) is 0 Å². The van der Waals surface area contributed by atoms with Gasteiger partial charge in [0.1, 0.15) is 17.0 Å². The fourth-order valence-electron chi connectivity index (χ4n) is 4.07. The molecule has 0 bridgehead atoms. The summed E-state index contributed by atoms with van der Waals surface area (Å²) in [5.41, 5.74) is 3.02. The molecular weight excluding hydrogens is 492 g/mol. The summed E-state index contributed by atoms with van der Waals surface area (Å²) in [5.74, 6) is -0.687. The lowest BCUT2D eigenvalue weighted by Gasteiger charge is -2.19. The van der Waals surface area contributed by atoms with Crippen LogP contribution in [0.3, 0.4) is 0 Å². The average Bonchev–Trinajstić information content (AvgIpc) is 3.44. The molecule has 0 saturated heterocycles. The molecule has 0 aliphatic rings. The molecule has 0 unspecified atom stereocenters. The predicted octanol–water partition coefficient (Wildman–Crippen LogP) is 5.87. The monoisotopic (exact) mass is 518 g/mol. The molecule has 0 saturated carbocycles. The second-order valence-corrected chi connectivity index (χ2v) is 8.53. The number of amides is 1. The van der Waals surface area contributed by atoms with E-state index in [-0.39, 0.29) is 5.56 Å². The van der Waals surface area contributed by atoms with Gasteiger partial charge in [-0.25, -0.2) is 9.48 Å². The van der Waals surface area contributed by atoms with Gasteiger partial charge in [0.15, 0.2) is 0 Å². The average molecular weight is 519 g/mol. The van der Waals surface area contributed by atoms with Crippen molar-refractivity contribution in [2.45, 2.75) is 13.0 Å². The van der Waals surface area contributed by atoms with Crippen molar-refractivity contribution in [2.75, 3.05) is 11.9 Å². The Balaban J connectivity index is 1.50. The van der Waals surface area contributed by atoms with Gasteiger partial charge in [-0.1, -0.05) is 60.7 Å². The number of nitrogens with one attached hydrogen (secondary N) is 1. The van der Waals surface area contributed by atoms with Crippen LogP contribution < -0.4 is 10.1 Å². The third-order valence-electron chi connectivity index (χ3n) is 5.90. The van der Waals surface area contributed by atoms with Gasteiger partial charge in [-0.2, -0.15) is 5.10 Å². The predicted molar refractivity (Wildman–Crippen MR) is 148 cm³/mol. The fraction of sp³-hybridized carbons (Fsp3) is 0.0968. The van der Waals surface area contributed by atoms with E-state index in [1.165, 1.54) is 0 Å². The standard InChI is InChI=1S/C31H26N4O4/c1-2-38-27-18-10-9-17-26(27)33-30(36)29(22-12-5-3-6-13-22)39-31(37)25-21-35(24-15-7-4-8-16-24)34-28(25)23-14-11-19-32-20-23/h3-21,29H,2H2,1H3,(H,33,36)/t29-/m0/s1. The van der Waals surface area contributed by atoms with Crippen LogP contribution in [0.2, 0.25) is 0 Å². The molecule has 5 rings (SSSR count). The largest absolute Gasteiger partial charge is 0.492 e. The van der Waals surface area contributed by atoms with E-state index in [4.69, 9.17) is 9.47 Å². The minimum atomic E-state index is -1.23. The number of esters is 1. The number of ether oxygens (including phenoxy) is 2. The Bertz CT molecular complexity index is 1550. The third-order valence-corrected chi connectivity index (χ3v) is 5.90. The molecule has 0 aliphatic carbocycles. The summed E-state index contributed by atoms with van der Waals surface area (Å²) in [5, 5.41) is 7.51. The molecule has 2 heterocycles. The minimum Gasteiger partial charge on any atom is -0.492 e.